The van der Waals surface area contributed by atoms with Crippen molar-refractivity contribution in [2.24, 2.45) is 0 Å². The van der Waals surface area contributed by atoms with Crippen molar-refractivity contribution in [3.63, 3.8) is 0 Å². The van der Waals surface area contributed by atoms with E-state index in [0.717, 1.165) is 28.3 Å². The molecule has 1 atom stereocenters. The smallest absolute Gasteiger partial charge is 0.319 e. The van der Waals surface area contributed by atoms with Crippen LogP contribution in [0.1, 0.15) is 25.0 Å². The number of hydrogen-bond acceptors (Lipinski definition) is 5. The molecule has 5 rings (SSSR count). The number of nitrogens with zero attached hydrogens (tertiary/aromatic N) is 3. The van der Waals surface area contributed by atoms with Gasteiger partial charge in [0, 0.05) is 31.0 Å². The lowest BCUT2D eigenvalue weighted by Crippen LogP contribution is -2.46. The van der Waals surface area contributed by atoms with Crippen LogP contribution in [0.3, 0.4) is 0 Å². The average molecular weight is 474 g/mol. The fraction of sp³-hybridized carbons (Fsp3) is 0.318. The monoisotopic (exact) mass is 473 g/mol. The van der Waals surface area contributed by atoms with Crippen molar-refractivity contribution in [2.75, 3.05) is 29.9 Å². The van der Waals surface area contributed by atoms with Crippen LogP contribution in [-0.4, -0.2) is 47.0 Å². The fourth-order valence-electron chi connectivity index (χ4n) is 4.08. The van der Waals surface area contributed by atoms with Crippen LogP contribution < -0.4 is 15.5 Å². The molecule has 0 bridgehead atoms. The largest absolute Gasteiger partial charge is 0.356 e. The van der Waals surface area contributed by atoms with Gasteiger partial charge in [0.15, 0.2) is 5.50 Å². The van der Waals surface area contributed by atoms with Gasteiger partial charge in [0.2, 0.25) is 5.91 Å². The molecule has 3 aliphatic rings. The highest BCUT2D eigenvalue weighted by Gasteiger charge is 2.27. The van der Waals surface area contributed by atoms with Crippen molar-refractivity contribution < 1.29 is 14.0 Å². The van der Waals surface area contributed by atoms with Crippen LogP contribution in [0, 0.1) is 5.82 Å². The van der Waals surface area contributed by atoms with Gasteiger partial charge in [-0.25, -0.2) is 9.18 Å². The minimum atomic E-state index is -0.346. The highest BCUT2D eigenvalue weighted by Crippen LogP contribution is 2.37. The molecule has 32 heavy (non-hydrogen) atoms. The van der Waals surface area contributed by atoms with Crippen LogP contribution >= 0.6 is 23.4 Å². The summed E-state index contributed by atoms with van der Waals surface area (Å²) in [7, 11) is 0. The van der Waals surface area contributed by atoms with Gasteiger partial charge in [-0.15, -0.1) is 0 Å². The van der Waals surface area contributed by atoms with Crippen molar-refractivity contribution in [1.82, 2.24) is 15.2 Å². The van der Waals surface area contributed by atoms with E-state index in [0.29, 0.717) is 43.2 Å². The molecular weight excluding hydrogens is 453 g/mol. The van der Waals surface area contributed by atoms with Crippen molar-refractivity contribution in [2.45, 2.75) is 29.7 Å². The zero-order chi connectivity index (χ0) is 22.2. The summed E-state index contributed by atoms with van der Waals surface area (Å²) in [6, 6.07) is 6.11. The number of aromatic nitrogens is 1. The predicted octanol–water partition coefficient (Wildman–Crippen LogP) is 4.30. The minimum Gasteiger partial charge on any atom is -0.356 e. The number of benzene rings is 1. The maximum Gasteiger partial charge on any atom is 0.319 e. The third-order valence-electron chi connectivity index (χ3n) is 5.74. The molecule has 2 aromatic rings. The zero-order valence-corrected chi connectivity index (χ0v) is 18.7. The molecule has 3 amide bonds. The Morgan fingerprint density at radius 2 is 2.16 bits per heavy atom. The molecule has 1 fully saturated rings. The van der Waals surface area contributed by atoms with E-state index in [9.17, 15) is 14.0 Å². The molecule has 10 heteroatoms. The molecule has 1 aromatic heterocycles. The summed E-state index contributed by atoms with van der Waals surface area (Å²) in [6.07, 6.45) is 5.67. The second-order valence-electron chi connectivity index (χ2n) is 7.83. The first kappa shape index (κ1) is 21.1. The van der Waals surface area contributed by atoms with Crippen molar-refractivity contribution >= 4 is 52.2 Å². The zero-order valence-electron chi connectivity index (χ0n) is 17.1. The maximum atomic E-state index is 13.4. The van der Waals surface area contributed by atoms with Crippen molar-refractivity contribution in [1.29, 1.82) is 0 Å². The number of nitrogens with one attached hydrogen (secondary N) is 2. The lowest BCUT2D eigenvalue weighted by atomic mass is 10.0. The molecule has 7 nitrogen and oxygen atoms in total. The summed E-state index contributed by atoms with van der Waals surface area (Å²) in [5.41, 5.74) is 2.85. The summed E-state index contributed by atoms with van der Waals surface area (Å²) < 4.78 is 13.4. The molecule has 1 unspecified atom stereocenters. The number of halogens is 2. The van der Waals surface area contributed by atoms with Crippen LogP contribution in [-0.2, 0) is 4.79 Å². The van der Waals surface area contributed by atoms with Gasteiger partial charge in [0.1, 0.15) is 5.82 Å². The summed E-state index contributed by atoms with van der Waals surface area (Å²) in [4.78, 5) is 33.3. The third kappa shape index (κ3) is 4.14. The molecule has 0 saturated carbocycles. The van der Waals surface area contributed by atoms with Gasteiger partial charge < -0.3 is 20.4 Å². The fourth-order valence-corrected chi connectivity index (χ4v) is 5.40. The first-order chi connectivity index (χ1) is 15.5. The summed E-state index contributed by atoms with van der Waals surface area (Å²) >= 11 is 7.86. The summed E-state index contributed by atoms with van der Waals surface area (Å²) in [5.74, 6) is -0.205. The second kappa shape index (κ2) is 8.63. The average Bonchev–Trinajstić information content (AvgIpc) is 3.38. The van der Waals surface area contributed by atoms with Crippen LogP contribution in [0.15, 0.2) is 41.4 Å². The third-order valence-corrected chi connectivity index (χ3v) is 7.09. The lowest BCUT2D eigenvalue weighted by Gasteiger charge is -2.28. The van der Waals surface area contributed by atoms with Gasteiger partial charge in [-0.2, -0.15) is 0 Å². The SMILES string of the molecule is O=C(NC1Nc2ccc(F)cc2S1)N1CC=C(c2ncc(N3CCCC3=O)cc2Cl)CC1. The van der Waals surface area contributed by atoms with Crippen LogP contribution in [0.5, 0.6) is 0 Å². The van der Waals surface area contributed by atoms with Crippen LogP contribution in [0.4, 0.5) is 20.6 Å². The van der Waals surface area contributed by atoms with Gasteiger partial charge in [0.05, 0.1) is 28.3 Å². The molecule has 2 N–H and O–H groups in total. The van der Waals surface area contributed by atoms with E-state index in [4.69, 9.17) is 11.6 Å². The number of carbonyl (C=O) groups excluding carboxylic acids is 2. The van der Waals surface area contributed by atoms with Gasteiger partial charge in [0.25, 0.3) is 0 Å². The maximum absolute atomic E-state index is 13.4. The quantitative estimate of drug-likeness (QED) is 0.695. The van der Waals surface area contributed by atoms with Crippen molar-refractivity contribution in [3.8, 4) is 0 Å². The molecule has 1 saturated heterocycles. The molecule has 1 aromatic carbocycles. The lowest BCUT2D eigenvalue weighted by molar-refractivity contribution is -0.117. The number of urea groups is 1. The molecule has 0 aliphatic carbocycles. The Bertz CT molecular complexity index is 1130. The summed E-state index contributed by atoms with van der Waals surface area (Å²) in [6.45, 7) is 1.66. The Labute approximate surface area is 194 Å². The highest BCUT2D eigenvalue weighted by molar-refractivity contribution is 8.00. The molecule has 4 heterocycles. The number of thioether (sulfide) groups is 1. The number of pyridine rings is 1. The van der Waals surface area contributed by atoms with E-state index in [1.807, 2.05) is 6.08 Å². The van der Waals surface area contributed by atoms with E-state index in [2.05, 4.69) is 15.6 Å². The number of anilines is 2. The topological polar surface area (TPSA) is 77.6 Å². The Balaban J connectivity index is 1.20. The summed E-state index contributed by atoms with van der Waals surface area (Å²) in [5, 5.41) is 6.61. The highest BCUT2D eigenvalue weighted by atomic mass is 35.5. The molecule has 0 radical (unpaired) electrons. The second-order valence-corrected chi connectivity index (χ2v) is 9.38. The Kier molecular flexibility index (Phi) is 5.69. The first-order valence-corrected chi connectivity index (χ1v) is 11.7. The Morgan fingerprint density at radius 3 is 2.88 bits per heavy atom. The van der Waals surface area contributed by atoms with Gasteiger partial charge >= 0.3 is 6.03 Å². The number of rotatable bonds is 3. The van der Waals surface area contributed by atoms with E-state index in [1.54, 1.807) is 28.1 Å². The van der Waals surface area contributed by atoms with E-state index < -0.39 is 0 Å². The number of fused-ring (bicyclic) bond motifs is 1. The van der Waals surface area contributed by atoms with Gasteiger partial charge in [-0.05, 0) is 42.7 Å². The van der Waals surface area contributed by atoms with E-state index in [1.165, 1.54) is 23.9 Å². The van der Waals surface area contributed by atoms with Gasteiger partial charge in [-0.1, -0.05) is 29.4 Å². The molecule has 166 valence electrons. The van der Waals surface area contributed by atoms with Crippen LogP contribution in [0.2, 0.25) is 5.02 Å². The molecular formula is C22H21ClFN5O2S. The molecule has 3 aliphatic heterocycles. The Morgan fingerprint density at radius 1 is 1.28 bits per heavy atom. The number of carbonyl (C=O) groups is 2. The normalized spacial score (nSPS) is 20.1. The minimum absolute atomic E-state index is 0.0947. The van der Waals surface area contributed by atoms with Crippen LogP contribution in [0.25, 0.3) is 5.57 Å². The molecule has 0 spiro atoms. The van der Waals surface area contributed by atoms with Gasteiger partial charge in [-0.3, -0.25) is 9.78 Å². The van der Waals surface area contributed by atoms with E-state index in [-0.39, 0.29) is 23.3 Å². The number of hydrogen-bond donors (Lipinski definition) is 2. The predicted molar refractivity (Wildman–Crippen MR) is 123 cm³/mol. The number of amides is 3. The first-order valence-electron chi connectivity index (χ1n) is 10.4. The Hall–Kier alpha value is -2.78. The van der Waals surface area contributed by atoms with Crippen molar-refractivity contribution in [3.05, 3.63) is 53.1 Å². The van der Waals surface area contributed by atoms with E-state index >= 15 is 0 Å². The standard InChI is InChI=1S/C22H21ClFN5O2S/c23-16-11-15(29-7-1-2-19(29)30)12-25-20(16)13-5-8-28(9-6-13)22(31)27-21-26-17-4-3-14(24)10-18(17)32-21/h3-5,10-12,21,26H,1-2,6-9H2,(H,27,31).